The van der Waals surface area contributed by atoms with E-state index >= 15 is 0 Å². The Hall–Kier alpha value is -3.41. The van der Waals surface area contributed by atoms with Crippen molar-refractivity contribution in [3.8, 4) is 28.7 Å². The average molecular weight is 370 g/mol. The normalized spacial score (nSPS) is 10.8. The molecule has 0 unspecified atom stereocenters. The number of methoxy groups -OCH3 is 1. The third-order valence-corrected chi connectivity index (χ3v) is 3.95. The van der Waals surface area contributed by atoms with Gasteiger partial charge in [0.05, 0.1) is 7.11 Å². The maximum Gasteiger partial charge on any atom is 0.193 e. The van der Waals surface area contributed by atoms with Crippen LogP contribution in [-0.2, 0) is 6.42 Å². The van der Waals surface area contributed by atoms with Crippen LogP contribution in [0, 0.1) is 0 Å². The van der Waals surface area contributed by atoms with E-state index in [4.69, 9.17) is 4.74 Å². The van der Waals surface area contributed by atoms with Gasteiger partial charge in [-0.15, -0.1) is 0 Å². The molecule has 6 heteroatoms. The number of aromatic hydroxyl groups is 4. The molecule has 0 aliphatic rings. The summed E-state index contributed by atoms with van der Waals surface area (Å²) in [6, 6.07) is 5.41. The molecular formula is C21H22O6. The SMILES string of the molecule is COc1cc(O)c(CC=C(C)C)c(O)c1C(=O)/C=C/c1ccc(O)c(O)c1. The molecule has 0 aliphatic carbocycles. The van der Waals surface area contributed by atoms with Crippen molar-refractivity contribution in [1.82, 2.24) is 0 Å². The van der Waals surface area contributed by atoms with Gasteiger partial charge in [-0.05, 0) is 44.0 Å². The van der Waals surface area contributed by atoms with Crippen LogP contribution in [0.3, 0.4) is 0 Å². The Morgan fingerprint density at radius 3 is 2.33 bits per heavy atom. The fourth-order valence-corrected chi connectivity index (χ4v) is 2.48. The molecule has 0 bridgehead atoms. The molecule has 0 aromatic heterocycles. The summed E-state index contributed by atoms with van der Waals surface area (Å²) in [4.78, 5) is 12.6. The summed E-state index contributed by atoms with van der Waals surface area (Å²) in [6.07, 6.45) is 4.73. The molecule has 27 heavy (non-hydrogen) atoms. The highest BCUT2D eigenvalue weighted by Crippen LogP contribution is 2.39. The van der Waals surface area contributed by atoms with Crippen molar-refractivity contribution in [2.75, 3.05) is 7.11 Å². The molecule has 0 saturated carbocycles. The lowest BCUT2D eigenvalue weighted by Gasteiger charge is -2.13. The monoisotopic (exact) mass is 370 g/mol. The van der Waals surface area contributed by atoms with E-state index in [0.717, 1.165) is 5.57 Å². The van der Waals surface area contributed by atoms with Gasteiger partial charge in [-0.25, -0.2) is 0 Å². The lowest BCUT2D eigenvalue weighted by atomic mass is 9.99. The zero-order valence-corrected chi connectivity index (χ0v) is 15.4. The van der Waals surface area contributed by atoms with E-state index < -0.39 is 5.78 Å². The number of phenolic OH excluding ortho intramolecular Hbond substituents is 4. The van der Waals surface area contributed by atoms with Crippen LogP contribution in [0.4, 0.5) is 0 Å². The number of carbonyl (C=O) groups is 1. The van der Waals surface area contributed by atoms with Crippen LogP contribution in [-0.4, -0.2) is 33.3 Å². The van der Waals surface area contributed by atoms with Gasteiger partial charge in [0.15, 0.2) is 17.3 Å². The van der Waals surface area contributed by atoms with Crippen molar-refractivity contribution < 1.29 is 30.0 Å². The predicted octanol–water partition coefficient (Wildman–Crippen LogP) is 3.92. The molecule has 0 saturated heterocycles. The van der Waals surface area contributed by atoms with E-state index in [1.165, 1.54) is 43.5 Å². The van der Waals surface area contributed by atoms with Crippen molar-refractivity contribution in [2.45, 2.75) is 20.3 Å². The Morgan fingerprint density at radius 2 is 1.74 bits per heavy atom. The zero-order valence-electron chi connectivity index (χ0n) is 15.4. The van der Waals surface area contributed by atoms with Crippen molar-refractivity contribution in [1.29, 1.82) is 0 Å². The first-order valence-electron chi connectivity index (χ1n) is 8.24. The second kappa shape index (κ2) is 8.31. The molecule has 0 fully saturated rings. The number of rotatable bonds is 6. The van der Waals surface area contributed by atoms with Crippen LogP contribution < -0.4 is 4.74 Å². The predicted molar refractivity (Wildman–Crippen MR) is 103 cm³/mol. The minimum Gasteiger partial charge on any atom is -0.507 e. The summed E-state index contributed by atoms with van der Waals surface area (Å²) < 4.78 is 5.13. The summed E-state index contributed by atoms with van der Waals surface area (Å²) in [5.74, 6) is -1.55. The molecule has 0 heterocycles. The Bertz CT molecular complexity index is 921. The van der Waals surface area contributed by atoms with E-state index in [9.17, 15) is 25.2 Å². The van der Waals surface area contributed by atoms with Crippen molar-refractivity contribution in [3.63, 3.8) is 0 Å². The maximum absolute atomic E-state index is 12.6. The maximum atomic E-state index is 12.6. The molecule has 4 N–H and O–H groups in total. The Morgan fingerprint density at radius 1 is 1.04 bits per heavy atom. The largest absolute Gasteiger partial charge is 0.507 e. The van der Waals surface area contributed by atoms with Gasteiger partial charge in [0.1, 0.15) is 22.8 Å². The fraction of sp³-hybridized carbons (Fsp3) is 0.190. The van der Waals surface area contributed by atoms with E-state index in [1.54, 1.807) is 0 Å². The van der Waals surface area contributed by atoms with Crippen LogP contribution in [0.25, 0.3) is 6.08 Å². The summed E-state index contributed by atoms with van der Waals surface area (Å²) in [5, 5.41) is 39.5. The molecule has 2 aromatic rings. The van der Waals surface area contributed by atoms with E-state index in [2.05, 4.69) is 0 Å². The lowest BCUT2D eigenvalue weighted by Crippen LogP contribution is -2.02. The first-order chi connectivity index (χ1) is 12.7. The Labute approximate surface area is 157 Å². The third-order valence-electron chi connectivity index (χ3n) is 3.95. The number of phenols is 4. The molecule has 2 rings (SSSR count). The van der Waals surface area contributed by atoms with Crippen LogP contribution in [0.1, 0.15) is 35.3 Å². The topological polar surface area (TPSA) is 107 Å². The van der Waals surface area contributed by atoms with Crippen molar-refractivity contribution in [3.05, 3.63) is 58.7 Å². The number of ether oxygens (including phenoxy) is 1. The molecule has 142 valence electrons. The smallest absolute Gasteiger partial charge is 0.193 e. The quantitative estimate of drug-likeness (QED) is 0.266. The first kappa shape index (κ1) is 19.9. The standard InChI is InChI=1S/C21H22O6/c1-12(2)4-7-14-17(24)11-19(27-3)20(21(14)26)16(23)9-6-13-5-8-15(22)18(25)10-13/h4-6,8-11,22,24-26H,7H2,1-3H3/b9-6+. The minimum atomic E-state index is -0.532. The highest BCUT2D eigenvalue weighted by molar-refractivity contribution is 6.11. The summed E-state index contributed by atoms with van der Waals surface area (Å²) in [5.41, 5.74) is 1.66. The van der Waals surface area contributed by atoms with Gasteiger partial charge >= 0.3 is 0 Å². The average Bonchev–Trinajstić information content (AvgIpc) is 2.61. The van der Waals surface area contributed by atoms with Crippen molar-refractivity contribution in [2.24, 2.45) is 0 Å². The van der Waals surface area contributed by atoms with Gasteiger partial charge < -0.3 is 25.2 Å². The Balaban J connectivity index is 2.44. The molecular weight excluding hydrogens is 348 g/mol. The van der Waals surface area contributed by atoms with Crippen LogP contribution in [0.15, 0.2) is 42.0 Å². The summed E-state index contributed by atoms with van der Waals surface area (Å²) >= 11 is 0. The molecule has 0 atom stereocenters. The zero-order chi connectivity index (χ0) is 20.1. The summed E-state index contributed by atoms with van der Waals surface area (Å²) in [7, 11) is 1.34. The van der Waals surface area contributed by atoms with E-state index in [1.807, 2.05) is 19.9 Å². The molecule has 0 spiro atoms. The first-order valence-corrected chi connectivity index (χ1v) is 8.24. The second-order valence-electron chi connectivity index (χ2n) is 6.23. The van der Waals surface area contributed by atoms with Gasteiger partial charge in [0, 0.05) is 11.6 Å². The molecule has 0 aliphatic heterocycles. The molecule has 6 nitrogen and oxygen atoms in total. The van der Waals surface area contributed by atoms with Crippen LogP contribution >= 0.6 is 0 Å². The number of carbonyl (C=O) groups excluding carboxylic acids is 1. The van der Waals surface area contributed by atoms with Crippen molar-refractivity contribution >= 4 is 11.9 Å². The number of hydrogen-bond acceptors (Lipinski definition) is 6. The van der Waals surface area contributed by atoms with Gasteiger partial charge in [-0.2, -0.15) is 0 Å². The molecule has 0 amide bonds. The third kappa shape index (κ3) is 4.61. The molecule has 0 radical (unpaired) electrons. The Kier molecular flexibility index (Phi) is 6.13. The number of hydrogen-bond donors (Lipinski definition) is 4. The number of allylic oxidation sites excluding steroid dienone is 3. The van der Waals surface area contributed by atoms with Gasteiger partial charge in [-0.3, -0.25) is 4.79 Å². The molecule has 2 aromatic carbocycles. The number of benzene rings is 2. The fourth-order valence-electron chi connectivity index (χ4n) is 2.48. The lowest BCUT2D eigenvalue weighted by molar-refractivity contribution is 0.104. The highest BCUT2D eigenvalue weighted by atomic mass is 16.5. The van der Waals surface area contributed by atoms with Crippen LogP contribution in [0.2, 0.25) is 0 Å². The van der Waals surface area contributed by atoms with E-state index in [-0.39, 0.29) is 46.3 Å². The second-order valence-corrected chi connectivity index (χ2v) is 6.23. The highest BCUT2D eigenvalue weighted by Gasteiger charge is 2.21. The summed E-state index contributed by atoms with van der Waals surface area (Å²) in [6.45, 7) is 3.78. The van der Waals surface area contributed by atoms with E-state index in [0.29, 0.717) is 5.56 Å². The van der Waals surface area contributed by atoms with Gasteiger partial charge in [-0.1, -0.05) is 23.8 Å². The van der Waals surface area contributed by atoms with Gasteiger partial charge in [0.25, 0.3) is 0 Å². The van der Waals surface area contributed by atoms with Crippen LogP contribution in [0.5, 0.6) is 28.7 Å². The minimum absolute atomic E-state index is 0.0501. The number of ketones is 1. The van der Waals surface area contributed by atoms with Gasteiger partial charge in [0.2, 0.25) is 0 Å².